The van der Waals surface area contributed by atoms with Crippen molar-refractivity contribution < 1.29 is 14.6 Å². The molecule has 150 valence electrons. The van der Waals surface area contributed by atoms with Crippen molar-refractivity contribution in [3.63, 3.8) is 0 Å². The van der Waals surface area contributed by atoms with Gasteiger partial charge >= 0.3 is 5.97 Å². The second-order valence-corrected chi connectivity index (χ2v) is 8.12. The van der Waals surface area contributed by atoms with E-state index in [9.17, 15) is 4.79 Å². The van der Waals surface area contributed by atoms with Gasteiger partial charge in [0.25, 0.3) is 0 Å². The highest BCUT2D eigenvalue weighted by Gasteiger charge is 2.07. The van der Waals surface area contributed by atoms with Crippen molar-refractivity contribution in [3.8, 4) is 5.75 Å². The normalized spacial score (nSPS) is 10.7. The Morgan fingerprint density at radius 1 is 0.931 bits per heavy atom. The number of ether oxygens (including phenoxy) is 1. The van der Waals surface area contributed by atoms with Crippen molar-refractivity contribution in [1.29, 1.82) is 0 Å². The first-order chi connectivity index (χ1) is 13.9. The standard InChI is InChI=1S/C22H18BrCl2NO3/c23-18-6-8-21(29-13-15-3-7-19(24)20(25)9-15)17(10-18)12-26-11-14-1-4-16(5-2-14)22(27)28/h1-10,26H,11-13H2,(H,27,28). The molecule has 0 fully saturated rings. The van der Waals surface area contributed by atoms with Crippen LogP contribution in [0.5, 0.6) is 5.75 Å². The molecule has 2 N–H and O–H groups in total. The van der Waals surface area contributed by atoms with E-state index in [1.165, 1.54) is 0 Å². The van der Waals surface area contributed by atoms with E-state index in [4.69, 9.17) is 33.0 Å². The molecule has 3 aromatic rings. The largest absolute Gasteiger partial charge is 0.489 e. The van der Waals surface area contributed by atoms with Gasteiger partial charge in [-0.2, -0.15) is 0 Å². The Labute approximate surface area is 187 Å². The highest BCUT2D eigenvalue weighted by molar-refractivity contribution is 9.10. The Morgan fingerprint density at radius 3 is 2.34 bits per heavy atom. The number of carboxylic acids is 1. The maximum Gasteiger partial charge on any atom is 0.335 e. The van der Waals surface area contributed by atoms with Gasteiger partial charge in [0.15, 0.2) is 0 Å². The molecule has 29 heavy (non-hydrogen) atoms. The summed E-state index contributed by atoms with van der Waals surface area (Å²) in [6, 6.07) is 18.1. The Balaban J connectivity index is 1.62. The van der Waals surface area contributed by atoms with Gasteiger partial charge in [0, 0.05) is 23.1 Å². The van der Waals surface area contributed by atoms with Crippen molar-refractivity contribution in [2.45, 2.75) is 19.7 Å². The molecule has 0 aliphatic heterocycles. The number of halogens is 3. The quantitative estimate of drug-likeness (QED) is 0.384. The van der Waals surface area contributed by atoms with Gasteiger partial charge < -0.3 is 15.2 Å². The van der Waals surface area contributed by atoms with E-state index in [0.717, 1.165) is 26.9 Å². The molecule has 3 rings (SSSR count). The molecule has 0 heterocycles. The predicted molar refractivity (Wildman–Crippen MR) is 119 cm³/mol. The first-order valence-electron chi connectivity index (χ1n) is 8.80. The maximum absolute atomic E-state index is 10.9. The molecular formula is C22H18BrCl2NO3. The van der Waals surface area contributed by atoms with E-state index >= 15 is 0 Å². The molecule has 0 aliphatic carbocycles. The van der Waals surface area contributed by atoms with Crippen LogP contribution in [0.1, 0.15) is 27.0 Å². The number of carbonyl (C=O) groups is 1. The summed E-state index contributed by atoms with van der Waals surface area (Å²) in [7, 11) is 0. The summed E-state index contributed by atoms with van der Waals surface area (Å²) >= 11 is 15.5. The average molecular weight is 495 g/mol. The van der Waals surface area contributed by atoms with Crippen molar-refractivity contribution in [2.75, 3.05) is 0 Å². The molecule has 0 atom stereocenters. The van der Waals surface area contributed by atoms with Crippen LogP contribution >= 0.6 is 39.1 Å². The SMILES string of the molecule is O=C(O)c1ccc(CNCc2cc(Br)ccc2OCc2ccc(Cl)c(Cl)c2)cc1. The molecule has 0 aromatic heterocycles. The fourth-order valence-corrected chi connectivity index (χ4v) is 3.45. The monoisotopic (exact) mass is 493 g/mol. The number of aromatic carboxylic acids is 1. The predicted octanol–water partition coefficient (Wildman–Crippen LogP) is 6.32. The van der Waals surface area contributed by atoms with Gasteiger partial charge in [-0.3, -0.25) is 0 Å². The maximum atomic E-state index is 10.9. The minimum atomic E-state index is -0.928. The number of rotatable bonds is 8. The molecule has 4 nitrogen and oxygen atoms in total. The molecule has 0 unspecified atom stereocenters. The van der Waals surface area contributed by atoms with Gasteiger partial charge in [-0.15, -0.1) is 0 Å². The molecule has 3 aromatic carbocycles. The molecule has 0 aliphatic rings. The lowest BCUT2D eigenvalue weighted by atomic mass is 10.1. The lowest BCUT2D eigenvalue weighted by molar-refractivity contribution is 0.0697. The Bertz CT molecular complexity index is 1010. The van der Waals surface area contributed by atoms with Gasteiger partial charge in [0.2, 0.25) is 0 Å². The van der Waals surface area contributed by atoms with E-state index in [2.05, 4.69) is 21.2 Å². The summed E-state index contributed by atoms with van der Waals surface area (Å²) in [6.45, 7) is 1.58. The first kappa shape index (κ1) is 21.7. The zero-order valence-electron chi connectivity index (χ0n) is 15.3. The van der Waals surface area contributed by atoms with Crippen LogP contribution in [0.2, 0.25) is 10.0 Å². The smallest absolute Gasteiger partial charge is 0.335 e. The zero-order chi connectivity index (χ0) is 20.8. The minimum Gasteiger partial charge on any atom is -0.489 e. The highest BCUT2D eigenvalue weighted by atomic mass is 79.9. The average Bonchev–Trinajstić information content (AvgIpc) is 2.70. The Kier molecular flexibility index (Phi) is 7.56. The summed E-state index contributed by atoms with van der Waals surface area (Å²) in [6.07, 6.45) is 0. The van der Waals surface area contributed by atoms with E-state index in [1.807, 2.05) is 24.3 Å². The van der Waals surface area contributed by atoms with Crippen molar-refractivity contribution in [1.82, 2.24) is 5.32 Å². The van der Waals surface area contributed by atoms with Gasteiger partial charge in [0.1, 0.15) is 12.4 Å². The van der Waals surface area contributed by atoms with E-state index in [1.54, 1.807) is 36.4 Å². The molecular weight excluding hydrogens is 477 g/mol. The third-order valence-corrected chi connectivity index (χ3v) is 5.48. The van der Waals surface area contributed by atoms with E-state index in [0.29, 0.717) is 29.7 Å². The molecule has 0 bridgehead atoms. The fraction of sp³-hybridized carbons (Fsp3) is 0.136. The lowest BCUT2D eigenvalue weighted by Crippen LogP contribution is -2.14. The molecule has 0 saturated heterocycles. The summed E-state index contributed by atoms with van der Waals surface area (Å²) in [5, 5.41) is 13.3. The van der Waals surface area contributed by atoms with Crippen LogP contribution in [0.15, 0.2) is 65.1 Å². The third kappa shape index (κ3) is 6.21. The van der Waals surface area contributed by atoms with Gasteiger partial charge in [-0.25, -0.2) is 4.79 Å². The third-order valence-electron chi connectivity index (χ3n) is 4.25. The number of carboxylic acid groups (broad SMARTS) is 1. The topological polar surface area (TPSA) is 58.6 Å². The summed E-state index contributed by atoms with van der Waals surface area (Å²) in [5.74, 6) is -0.157. The van der Waals surface area contributed by atoms with Crippen molar-refractivity contribution in [2.24, 2.45) is 0 Å². The lowest BCUT2D eigenvalue weighted by Gasteiger charge is -2.13. The summed E-state index contributed by atoms with van der Waals surface area (Å²) in [5.41, 5.74) is 3.21. The highest BCUT2D eigenvalue weighted by Crippen LogP contribution is 2.26. The van der Waals surface area contributed by atoms with Gasteiger partial charge in [0.05, 0.1) is 15.6 Å². The minimum absolute atomic E-state index is 0.277. The first-order valence-corrected chi connectivity index (χ1v) is 10.4. The number of hydrogen-bond acceptors (Lipinski definition) is 3. The van der Waals surface area contributed by atoms with Crippen molar-refractivity contribution >= 4 is 45.1 Å². The fourth-order valence-electron chi connectivity index (χ4n) is 2.72. The Hall–Kier alpha value is -2.05. The van der Waals surface area contributed by atoms with Crippen LogP contribution in [0.4, 0.5) is 0 Å². The van der Waals surface area contributed by atoms with Crippen LogP contribution in [0, 0.1) is 0 Å². The van der Waals surface area contributed by atoms with Crippen LogP contribution < -0.4 is 10.1 Å². The number of nitrogens with one attached hydrogen (secondary N) is 1. The molecule has 0 radical (unpaired) electrons. The van der Waals surface area contributed by atoms with Crippen LogP contribution in [-0.2, 0) is 19.7 Å². The van der Waals surface area contributed by atoms with Gasteiger partial charge in [-0.1, -0.05) is 57.3 Å². The van der Waals surface area contributed by atoms with Crippen LogP contribution in [-0.4, -0.2) is 11.1 Å². The summed E-state index contributed by atoms with van der Waals surface area (Å²) in [4.78, 5) is 10.9. The number of hydrogen-bond donors (Lipinski definition) is 2. The van der Waals surface area contributed by atoms with E-state index in [-0.39, 0.29) is 5.56 Å². The number of benzene rings is 3. The second kappa shape index (κ2) is 10.1. The van der Waals surface area contributed by atoms with Gasteiger partial charge in [-0.05, 0) is 53.6 Å². The molecule has 0 spiro atoms. The molecule has 0 saturated carbocycles. The summed E-state index contributed by atoms with van der Waals surface area (Å²) < 4.78 is 6.95. The van der Waals surface area contributed by atoms with E-state index < -0.39 is 5.97 Å². The molecule has 0 amide bonds. The van der Waals surface area contributed by atoms with Crippen LogP contribution in [0.25, 0.3) is 0 Å². The Morgan fingerprint density at radius 2 is 1.66 bits per heavy atom. The zero-order valence-corrected chi connectivity index (χ0v) is 18.4. The molecule has 7 heteroatoms. The second-order valence-electron chi connectivity index (χ2n) is 6.39. The van der Waals surface area contributed by atoms with Crippen LogP contribution in [0.3, 0.4) is 0 Å². The van der Waals surface area contributed by atoms with Crippen molar-refractivity contribution in [3.05, 3.63) is 97.4 Å².